The Bertz CT molecular complexity index is 842. The summed E-state index contributed by atoms with van der Waals surface area (Å²) in [5, 5.41) is 39.1. The fourth-order valence-electron chi connectivity index (χ4n) is 5.15. The van der Waals surface area contributed by atoms with Gasteiger partial charge < -0.3 is 10.2 Å². The van der Waals surface area contributed by atoms with E-state index in [4.69, 9.17) is 10.2 Å². The Hall–Kier alpha value is -2.78. The number of hydrogen-bond donors (Lipinski definition) is 2. The van der Waals surface area contributed by atoms with Crippen LogP contribution in [0.2, 0.25) is 0 Å². The van der Waals surface area contributed by atoms with Crippen molar-refractivity contribution in [1.82, 2.24) is 0 Å². The topological polar surface area (TPSA) is 161 Å². The highest BCUT2D eigenvalue weighted by atomic mass is 16.6. The van der Waals surface area contributed by atoms with Gasteiger partial charge in [-0.15, -0.1) is 0 Å². The maximum Gasteiger partial charge on any atom is 0.303 e. The summed E-state index contributed by atoms with van der Waals surface area (Å²) in [6, 6.07) is 0. The third kappa shape index (κ3) is 35.7. The molecule has 0 aromatic heterocycles. The van der Waals surface area contributed by atoms with Crippen LogP contribution in [-0.4, -0.2) is 32.0 Å². The zero-order chi connectivity index (χ0) is 34.7. The van der Waals surface area contributed by atoms with Crippen molar-refractivity contribution < 1.29 is 29.6 Å². The molecule has 0 aromatic rings. The van der Waals surface area contributed by atoms with Gasteiger partial charge in [0.05, 0.1) is 9.85 Å². The molecule has 0 fully saturated rings. The molecule has 268 valence electrons. The third-order valence-corrected chi connectivity index (χ3v) is 7.99. The van der Waals surface area contributed by atoms with Gasteiger partial charge in [-0.3, -0.25) is 29.8 Å². The number of rotatable bonds is 32. The molecule has 10 heteroatoms. The van der Waals surface area contributed by atoms with Gasteiger partial charge in [0.1, 0.15) is 0 Å². The molecule has 0 radical (unpaired) electrons. The van der Waals surface area contributed by atoms with Crippen molar-refractivity contribution in [1.29, 1.82) is 0 Å². The number of aliphatic carboxylic acids is 2. The smallest absolute Gasteiger partial charge is 0.303 e. The first-order chi connectivity index (χ1) is 22.1. The van der Waals surface area contributed by atoms with E-state index in [-0.39, 0.29) is 22.7 Å². The average Bonchev–Trinajstić information content (AvgIpc) is 3.00. The van der Waals surface area contributed by atoms with Crippen LogP contribution in [0.4, 0.5) is 0 Å². The molecule has 0 aliphatic rings. The minimum absolute atomic E-state index is 0.221. The maximum atomic E-state index is 11.0. The van der Waals surface area contributed by atoms with Gasteiger partial charge in [-0.2, -0.15) is 0 Å². The van der Waals surface area contributed by atoms with E-state index in [1.165, 1.54) is 51.4 Å². The largest absolute Gasteiger partial charge is 0.481 e. The van der Waals surface area contributed by atoms with E-state index >= 15 is 0 Å². The second-order valence-electron chi connectivity index (χ2n) is 12.3. The first-order valence-electron chi connectivity index (χ1n) is 18.3. The summed E-state index contributed by atoms with van der Waals surface area (Å²) in [6.07, 6.45) is 29.7. The molecule has 0 saturated heterocycles. The first-order valence-corrected chi connectivity index (χ1v) is 18.3. The van der Waals surface area contributed by atoms with Gasteiger partial charge in [-0.25, -0.2) is 0 Å². The Morgan fingerprint density at radius 2 is 0.717 bits per heavy atom. The van der Waals surface area contributed by atoms with Crippen LogP contribution in [0.15, 0.2) is 23.5 Å². The molecule has 0 bridgehead atoms. The molecule has 0 amide bonds. The number of unbranched alkanes of at least 4 members (excludes halogenated alkanes) is 20. The molecule has 0 rings (SSSR count). The molecule has 0 aromatic carbocycles. The van der Waals surface area contributed by atoms with Crippen molar-refractivity contribution in [3.05, 3.63) is 43.8 Å². The molecule has 0 heterocycles. The van der Waals surface area contributed by atoms with E-state index in [2.05, 4.69) is 13.8 Å². The molecule has 2 N–H and O–H groups in total. The van der Waals surface area contributed by atoms with Gasteiger partial charge in [-0.05, 0) is 63.5 Å². The van der Waals surface area contributed by atoms with Crippen molar-refractivity contribution in [2.45, 2.75) is 194 Å². The summed E-state index contributed by atoms with van der Waals surface area (Å²) in [7, 11) is 0. The zero-order valence-electron chi connectivity index (χ0n) is 29.2. The highest BCUT2D eigenvalue weighted by Gasteiger charge is 2.10. The summed E-state index contributed by atoms with van der Waals surface area (Å²) >= 11 is 0. The summed E-state index contributed by atoms with van der Waals surface area (Å²) in [5.74, 6) is -1.49. The lowest BCUT2D eigenvalue weighted by molar-refractivity contribution is -0.428. The fraction of sp³-hybridized carbons (Fsp3) is 0.833. The van der Waals surface area contributed by atoms with E-state index in [9.17, 15) is 29.8 Å². The summed E-state index contributed by atoms with van der Waals surface area (Å²) in [6.45, 7) is 4.37. The van der Waals surface area contributed by atoms with Crippen molar-refractivity contribution in [2.75, 3.05) is 0 Å². The van der Waals surface area contributed by atoms with Gasteiger partial charge in [0.15, 0.2) is 0 Å². The quantitative estimate of drug-likeness (QED) is 0.0411. The van der Waals surface area contributed by atoms with Crippen molar-refractivity contribution >= 4 is 11.9 Å². The zero-order valence-corrected chi connectivity index (χ0v) is 29.2. The molecule has 0 aliphatic carbocycles. The van der Waals surface area contributed by atoms with E-state index < -0.39 is 11.9 Å². The third-order valence-electron chi connectivity index (χ3n) is 7.99. The number of allylic oxidation sites excluding steroid dienone is 4. The predicted octanol–water partition coefficient (Wildman–Crippen LogP) is 11.4. The standard InChI is InChI=1S/2C18H33NO4/c1-2-3-4-5-8-11-14-17(19(22)23)15-12-9-6-7-10-13-16-18(20)21;1-2-3-4-5-6-8-11-14-17(19(22)23)15-12-9-7-10-13-16-18(20)21/h15H,2-14,16H2,1H3,(H,20,21);14H,2-13,15-16H2,1H3,(H,20,21)/b17-15-;17-14+. The Kier molecular flexibility index (Phi) is 34.6. The minimum Gasteiger partial charge on any atom is -0.481 e. The lowest BCUT2D eigenvalue weighted by Gasteiger charge is -2.01. The average molecular weight is 655 g/mol. The van der Waals surface area contributed by atoms with Crippen LogP contribution in [0.1, 0.15) is 194 Å². The van der Waals surface area contributed by atoms with Crippen molar-refractivity contribution in [2.24, 2.45) is 0 Å². The molecular weight excluding hydrogens is 588 g/mol. The lowest BCUT2D eigenvalue weighted by Crippen LogP contribution is -1.99. The second kappa shape index (κ2) is 35.1. The van der Waals surface area contributed by atoms with Gasteiger partial charge in [0.2, 0.25) is 11.4 Å². The molecule has 0 unspecified atom stereocenters. The first kappa shape index (κ1) is 45.3. The van der Waals surface area contributed by atoms with E-state index in [1.54, 1.807) is 12.2 Å². The van der Waals surface area contributed by atoms with Crippen LogP contribution in [-0.2, 0) is 9.59 Å². The second-order valence-corrected chi connectivity index (χ2v) is 12.3. The number of nitro groups is 2. The number of carbonyl (C=O) groups is 2. The van der Waals surface area contributed by atoms with Crippen LogP contribution < -0.4 is 0 Å². The van der Waals surface area contributed by atoms with Crippen molar-refractivity contribution in [3.63, 3.8) is 0 Å². The van der Waals surface area contributed by atoms with Crippen LogP contribution in [0.25, 0.3) is 0 Å². The summed E-state index contributed by atoms with van der Waals surface area (Å²) in [4.78, 5) is 42.3. The molecule has 46 heavy (non-hydrogen) atoms. The fourth-order valence-corrected chi connectivity index (χ4v) is 5.15. The summed E-state index contributed by atoms with van der Waals surface area (Å²) in [5.41, 5.74) is 0.718. The Morgan fingerprint density at radius 3 is 1.00 bits per heavy atom. The Morgan fingerprint density at radius 1 is 0.457 bits per heavy atom. The van der Waals surface area contributed by atoms with Crippen LogP contribution in [0.5, 0.6) is 0 Å². The molecular formula is C36H66N2O8. The Labute approximate surface area is 278 Å². The maximum absolute atomic E-state index is 11.0. The number of nitrogens with zero attached hydrogens (tertiary/aromatic N) is 2. The number of hydrogen-bond acceptors (Lipinski definition) is 6. The highest BCUT2D eigenvalue weighted by molar-refractivity contribution is 5.66. The van der Waals surface area contributed by atoms with E-state index in [0.717, 1.165) is 96.3 Å². The predicted molar refractivity (Wildman–Crippen MR) is 186 cm³/mol. The molecule has 0 saturated carbocycles. The van der Waals surface area contributed by atoms with Crippen molar-refractivity contribution in [3.8, 4) is 0 Å². The minimum atomic E-state index is -0.752. The lowest BCUT2D eigenvalue weighted by atomic mass is 10.1. The highest BCUT2D eigenvalue weighted by Crippen LogP contribution is 2.16. The van der Waals surface area contributed by atoms with Gasteiger partial charge in [0, 0.05) is 25.7 Å². The van der Waals surface area contributed by atoms with Crippen LogP contribution in [0.3, 0.4) is 0 Å². The normalized spacial score (nSPS) is 11.6. The van der Waals surface area contributed by atoms with Gasteiger partial charge in [-0.1, -0.05) is 117 Å². The van der Waals surface area contributed by atoms with Crippen LogP contribution >= 0.6 is 0 Å². The van der Waals surface area contributed by atoms with Crippen LogP contribution in [0, 0.1) is 20.2 Å². The number of carboxylic acids is 2. The monoisotopic (exact) mass is 654 g/mol. The number of carboxylic acid groups (broad SMARTS) is 2. The van der Waals surface area contributed by atoms with Gasteiger partial charge in [0.25, 0.3) is 0 Å². The molecule has 0 atom stereocenters. The van der Waals surface area contributed by atoms with E-state index in [0.29, 0.717) is 30.7 Å². The van der Waals surface area contributed by atoms with Gasteiger partial charge >= 0.3 is 11.9 Å². The Balaban J connectivity index is 0. The summed E-state index contributed by atoms with van der Waals surface area (Å²) < 4.78 is 0. The molecule has 0 aliphatic heterocycles. The molecule has 10 nitrogen and oxygen atoms in total. The molecule has 0 spiro atoms. The van der Waals surface area contributed by atoms with E-state index in [1.807, 2.05) is 0 Å². The SMILES string of the molecule is CCCCCCCC/C(=C/CCCCCCCC(=O)O)[N+](=O)[O-].CCCCCCCC/C=C(\CCCCCCCC(=O)O)[N+](=O)[O-].